The van der Waals surface area contributed by atoms with E-state index in [1.54, 1.807) is 6.20 Å². The first kappa shape index (κ1) is 19.8. The summed E-state index contributed by atoms with van der Waals surface area (Å²) in [4.78, 5) is 4.59. The molecule has 2 N–H and O–H groups in total. The number of hydrogen-bond acceptors (Lipinski definition) is 3. The first-order chi connectivity index (χ1) is 12.4. The zero-order chi connectivity index (χ0) is 19.0. The van der Waals surface area contributed by atoms with Crippen molar-refractivity contribution in [3.8, 4) is 5.75 Å². The van der Waals surface area contributed by atoms with Crippen LogP contribution in [-0.2, 0) is 19.0 Å². The number of nitrogens with one attached hydrogen (secondary N) is 2. The van der Waals surface area contributed by atoms with Crippen molar-refractivity contribution >= 4 is 5.96 Å². The summed E-state index contributed by atoms with van der Waals surface area (Å²) in [6, 6.07) is 10.3. The molecule has 0 atom stereocenters. The molecule has 0 aliphatic heterocycles. The fourth-order valence-corrected chi connectivity index (χ4v) is 2.45. The molecule has 6 heteroatoms. The Morgan fingerprint density at radius 2 is 2.04 bits per heavy atom. The van der Waals surface area contributed by atoms with Gasteiger partial charge in [-0.15, -0.1) is 0 Å². The van der Waals surface area contributed by atoms with Gasteiger partial charge < -0.3 is 15.4 Å². The highest BCUT2D eigenvalue weighted by Gasteiger charge is 2.13. The third-order valence-electron chi connectivity index (χ3n) is 4.03. The number of guanidine groups is 1. The van der Waals surface area contributed by atoms with E-state index < -0.39 is 0 Å². The van der Waals surface area contributed by atoms with E-state index in [-0.39, 0.29) is 5.41 Å². The van der Waals surface area contributed by atoms with Crippen molar-refractivity contribution < 1.29 is 4.74 Å². The van der Waals surface area contributed by atoms with Gasteiger partial charge in [0.1, 0.15) is 12.4 Å². The summed E-state index contributed by atoms with van der Waals surface area (Å²) in [5.41, 5.74) is 2.46. The Hall–Kier alpha value is -2.50. The lowest BCUT2D eigenvalue weighted by Crippen LogP contribution is -2.39. The van der Waals surface area contributed by atoms with E-state index >= 15 is 0 Å². The Morgan fingerprint density at radius 3 is 2.69 bits per heavy atom. The molecule has 2 rings (SSSR count). The van der Waals surface area contributed by atoms with Crippen LogP contribution in [0.25, 0.3) is 0 Å². The minimum atomic E-state index is 0.119. The summed E-state index contributed by atoms with van der Waals surface area (Å²) in [7, 11) is 1.92. The fraction of sp³-hybridized carbons (Fsp3) is 0.500. The number of ether oxygens (including phenoxy) is 1. The maximum Gasteiger partial charge on any atom is 0.191 e. The molecule has 0 aliphatic rings. The molecule has 6 nitrogen and oxygen atoms in total. The van der Waals surface area contributed by atoms with E-state index in [1.165, 1.54) is 5.56 Å². The van der Waals surface area contributed by atoms with Gasteiger partial charge in [0.15, 0.2) is 5.96 Å². The van der Waals surface area contributed by atoms with Crippen LogP contribution in [0.2, 0.25) is 0 Å². The number of hydrogen-bond donors (Lipinski definition) is 2. The van der Waals surface area contributed by atoms with Gasteiger partial charge in [-0.3, -0.25) is 4.68 Å². The molecule has 0 saturated carbocycles. The van der Waals surface area contributed by atoms with Gasteiger partial charge in [-0.05, 0) is 36.1 Å². The first-order valence-electron chi connectivity index (χ1n) is 9.12. The van der Waals surface area contributed by atoms with Crippen molar-refractivity contribution in [3.63, 3.8) is 0 Å². The minimum Gasteiger partial charge on any atom is -0.492 e. The van der Waals surface area contributed by atoms with Gasteiger partial charge in [-0.2, -0.15) is 5.10 Å². The highest BCUT2D eigenvalue weighted by Crippen LogP contribution is 2.25. The summed E-state index contributed by atoms with van der Waals surface area (Å²) < 4.78 is 7.71. The topological polar surface area (TPSA) is 63.5 Å². The van der Waals surface area contributed by atoms with Gasteiger partial charge in [0.25, 0.3) is 0 Å². The molecule has 26 heavy (non-hydrogen) atoms. The second-order valence-corrected chi connectivity index (χ2v) is 7.19. The number of aliphatic imine (C=N–C) groups is 1. The highest BCUT2D eigenvalue weighted by atomic mass is 16.5. The Morgan fingerprint density at radius 1 is 1.23 bits per heavy atom. The number of aromatic nitrogens is 2. The summed E-state index contributed by atoms with van der Waals surface area (Å²) in [6.45, 7) is 11.3. The molecule has 0 spiro atoms. The molecule has 1 aromatic carbocycles. The monoisotopic (exact) mass is 357 g/mol. The lowest BCUT2D eigenvalue weighted by molar-refractivity contribution is 0.321. The van der Waals surface area contributed by atoms with Crippen LogP contribution < -0.4 is 15.4 Å². The zero-order valence-corrected chi connectivity index (χ0v) is 16.5. The molecular formula is C20H31N5O. The van der Waals surface area contributed by atoms with Crippen molar-refractivity contribution in [2.75, 3.05) is 19.7 Å². The molecule has 0 aliphatic carbocycles. The minimum absolute atomic E-state index is 0.119. The second-order valence-electron chi connectivity index (χ2n) is 7.19. The number of aryl methyl sites for hydroxylation is 1. The van der Waals surface area contributed by atoms with E-state index in [0.717, 1.165) is 23.9 Å². The fourth-order valence-electron chi connectivity index (χ4n) is 2.45. The molecule has 0 amide bonds. The Bertz CT molecular complexity index is 715. The third kappa shape index (κ3) is 6.10. The van der Waals surface area contributed by atoms with Crippen molar-refractivity contribution in [1.29, 1.82) is 0 Å². The van der Waals surface area contributed by atoms with Gasteiger partial charge in [-0.1, -0.05) is 32.9 Å². The molecule has 0 saturated heterocycles. The largest absolute Gasteiger partial charge is 0.492 e. The predicted octanol–water partition coefficient (Wildman–Crippen LogP) is 2.85. The van der Waals surface area contributed by atoms with Crippen LogP contribution in [0.1, 0.15) is 39.0 Å². The van der Waals surface area contributed by atoms with Gasteiger partial charge in [0, 0.05) is 19.8 Å². The maximum atomic E-state index is 5.88. The molecule has 2 aromatic rings. The van der Waals surface area contributed by atoms with Crippen LogP contribution in [0.15, 0.2) is 41.5 Å². The molecule has 0 fully saturated rings. The molecule has 142 valence electrons. The molecule has 0 bridgehead atoms. The van der Waals surface area contributed by atoms with Gasteiger partial charge >= 0.3 is 0 Å². The van der Waals surface area contributed by atoms with Crippen LogP contribution in [0.5, 0.6) is 5.75 Å². The lowest BCUT2D eigenvalue weighted by Gasteiger charge is -2.20. The van der Waals surface area contributed by atoms with E-state index in [2.05, 4.69) is 60.6 Å². The Labute approximate surface area is 156 Å². The highest BCUT2D eigenvalue weighted by molar-refractivity contribution is 5.79. The van der Waals surface area contributed by atoms with Gasteiger partial charge in [0.05, 0.1) is 18.8 Å². The van der Waals surface area contributed by atoms with E-state index in [1.807, 2.05) is 29.9 Å². The Balaban J connectivity index is 1.83. The van der Waals surface area contributed by atoms with Crippen molar-refractivity contribution in [2.24, 2.45) is 12.0 Å². The second kappa shape index (κ2) is 9.27. The first-order valence-corrected chi connectivity index (χ1v) is 9.12. The van der Waals surface area contributed by atoms with E-state index in [9.17, 15) is 0 Å². The van der Waals surface area contributed by atoms with Gasteiger partial charge in [-0.25, -0.2) is 4.99 Å². The summed E-state index contributed by atoms with van der Waals surface area (Å²) in [6.07, 6.45) is 1.78. The number of rotatable bonds is 7. The van der Waals surface area contributed by atoms with Crippen LogP contribution in [0.3, 0.4) is 0 Å². The molecule has 0 radical (unpaired) electrons. The normalized spacial score (nSPS) is 12.1. The molecule has 1 aromatic heterocycles. The van der Waals surface area contributed by atoms with Crippen LogP contribution in [0, 0.1) is 0 Å². The van der Waals surface area contributed by atoms with Crippen LogP contribution in [0.4, 0.5) is 0 Å². The third-order valence-corrected chi connectivity index (χ3v) is 4.03. The van der Waals surface area contributed by atoms with Crippen molar-refractivity contribution in [2.45, 2.75) is 39.7 Å². The number of benzene rings is 1. The SMILES string of the molecule is CCNC(=NCc1ccnn1C)NCCOc1cccc(C(C)(C)C)c1. The van der Waals surface area contributed by atoms with Crippen molar-refractivity contribution in [1.82, 2.24) is 20.4 Å². The lowest BCUT2D eigenvalue weighted by atomic mass is 9.87. The standard InChI is InChI=1S/C20H31N5O/c1-6-21-19(23-15-17-10-11-24-25(17)5)22-12-13-26-18-9-7-8-16(14-18)20(2,3)4/h7-11,14H,6,12-13,15H2,1-5H3,(H2,21,22,23). The average Bonchev–Trinajstić information content (AvgIpc) is 3.01. The Kier molecular flexibility index (Phi) is 7.06. The summed E-state index contributed by atoms with van der Waals surface area (Å²) >= 11 is 0. The van der Waals surface area contributed by atoms with E-state index in [0.29, 0.717) is 19.7 Å². The van der Waals surface area contributed by atoms with Crippen LogP contribution in [-0.4, -0.2) is 35.4 Å². The van der Waals surface area contributed by atoms with E-state index in [4.69, 9.17) is 4.74 Å². The maximum absolute atomic E-state index is 5.88. The molecular weight excluding hydrogens is 326 g/mol. The number of nitrogens with zero attached hydrogens (tertiary/aromatic N) is 3. The van der Waals surface area contributed by atoms with Crippen molar-refractivity contribution in [3.05, 3.63) is 47.8 Å². The average molecular weight is 358 g/mol. The molecule has 0 unspecified atom stereocenters. The quantitative estimate of drug-likeness (QED) is 0.454. The predicted molar refractivity (Wildman–Crippen MR) is 107 cm³/mol. The summed E-state index contributed by atoms with van der Waals surface area (Å²) in [5, 5.41) is 10.7. The smallest absolute Gasteiger partial charge is 0.191 e. The molecule has 1 heterocycles. The van der Waals surface area contributed by atoms with Crippen LogP contribution >= 0.6 is 0 Å². The van der Waals surface area contributed by atoms with Gasteiger partial charge in [0.2, 0.25) is 0 Å². The summed E-state index contributed by atoms with van der Waals surface area (Å²) in [5.74, 6) is 1.68. The zero-order valence-electron chi connectivity index (χ0n) is 16.5.